The van der Waals surface area contributed by atoms with Gasteiger partial charge in [-0.2, -0.15) is 5.26 Å². The molecule has 2 aromatic carbocycles. The molecule has 1 heterocycles. The minimum Gasteiger partial charge on any atom is -0.482 e. The number of aryl methyl sites for hydroxylation is 1. The van der Waals surface area contributed by atoms with Crippen molar-refractivity contribution in [2.24, 2.45) is 0 Å². The van der Waals surface area contributed by atoms with Crippen molar-refractivity contribution in [3.8, 4) is 11.8 Å². The number of aromatic carboxylic acids is 1. The molecule has 0 aliphatic rings. The van der Waals surface area contributed by atoms with Crippen LogP contribution in [0, 0.1) is 18.3 Å². The lowest BCUT2D eigenvalue weighted by Crippen LogP contribution is -1.97. The summed E-state index contributed by atoms with van der Waals surface area (Å²) in [6, 6.07) is 11.8. The summed E-state index contributed by atoms with van der Waals surface area (Å²) in [5.41, 5.74) is 2.48. The Morgan fingerprint density at radius 1 is 1.35 bits per heavy atom. The maximum absolute atomic E-state index is 10.9. The van der Waals surface area contributed by atoms with Gasteiger partial charge in [0, 0.05) is 0 Å². The Hall–Kier alpha value is -3.33. The highest BCUT2D eigenvalue weighted by Gasteiger charge is 2.11. The number of rotatable bonds is 4. The van der Waals surface area contributed by atoms with Gasteiger partial charge in [0.15, 0.2) is 12.2 Å². The fourth-order valence-corrected chi connectivity index (χ4v) is 2.16. The number of fused-ring (bicyclic) bond motifs is 1. The van der Waals surface area contributed by atoms with Crippen LogP contribution in [-0.2, 0) is 6.61 Å². The van der Waals surface area contributed by atoms with Crippen LogP contribution in [0.2, 0.25) is 0 Å². The maximum Gasteiger partial charge on any atom is 0.335 e. The Morgan fingerprint density at radius 2 is 2.17 bits per heavy atom. The molecule has 0 unspecified atom stereocenters. The van der Waals surface area contributed by atoms with E-state index in [-0.39, 0.29) is 12.2 Å². The molecule has 6 heteroatoms. The van der Waals surface area contributed by atoms with Gasteiger partial charge in [-0.05, 0) is 42.8 Å². The molecule has 0 atom stereocenters. The average Bonchev–Trinajstić information content (AvgIpc) is 2.95. The Morgan fingerprint density at radius 3 is 2.91 bits per heavy atom. The number of hydrogen-bond acceptors (Lipinski definition) is 5. The summed E-state index contributed by atoms with van der Waals surface area (Å²) >= 11 is 0. The Labute approximate surface area is 131 Å². The molecule has 114 valence electrons. The SMILES string of the molecule is Cc1ccc(OCc2nc3ccc(C(=O)O)cc3o2)c(C#N)c1. The minimum atomic E-state index is -1.03. The van der Waals surface area contributed by atoms with E-state index in [2.05, 4.69) is 11.1 Å². The lowest BCUT2D eigenvalue weighted by atomic mass is 10.1. The number of oxazole rings is 1. The molecular weight excluding hydrogens is 296 g/mol. The van der Waals surface area contributed by atoms with Gasteiger partial charge in [0.05, 0.1) is 11.1 Å². The topological polar surface area (TPSA) is 96.3 Å². The van der Waals surface area contributed by atoms with Crippen molar-refractivity contribution in [3.63, 3.8) is 0 Å². The summed E-state index contributed by atoms with van der Waals surface area (Å²) in [6.45, 7) is 1.94. The third-order valence-electron chi connectivity index (χ3n) is 3.29. The lowest BCUT2D eigenvalue weighted by molar-refractivity contribution is 0.0697. The first-order valence-corrected chi connectivity index (χ1v) is 6.83. The molecule has 1 N–H and O–H groups in total. The first-order chi connectivity index (χ1) is 11.1. The van der Waals surface area contributed by atoms with Crippen LogP contribution in [0.1, 0.15) is 27.4 Å². The van der Waals surface area contributed by atoms with Crippen LogP contribution in [0.25, 0.3) is 11.1 Å². The number of carbonyl (C=O) groups is 1. The van der Waals surface area contributed by atoms with E-state index in [1.807, 2.05) is 13.0 Å². The first kappa shape index (κ1) is 14.6. The first-order valence-electron chi connectivity index (χ1n) is 6.83. The van der Waals surface area contributed by atoms with E-state index < -0.39 is 5.97 Å². The van der Waals surface area contributed by atoms with E-state index in [1.165, 1.54) is 12.1 Å². The molecule has 0 saturated heterocycles. The fraction of sp³-hybridized carbons (Fsp3) is 0.118. The number of benzene rings is 2. The van der Waals surface area contributed by atoms with E-state index in [1.54, 1.807) is 18.2 Å². The van der Waals surface area contributed by atoms with Crippen LogP contribution in [0.5, 0.6) is 5.75 Å². The minimum absolute atomic E-state index is 0.0504. The van der Waals surface area contributed by atoms with Crippen LogP contribution in [-0.4, -0.2) is 16.1 Å². The molecule has 6 nitrogen and oxygen atoms in total. The number of carboxylic acid groups (broad SMARTS) is 1. The summed E-state index contributed by atoms with van der Waals surface area (Å²) < 4.78 is 11.1. The normalized spacial score (nSPS) is 10.4. The zero-order valence-corrected chi connectivity index (χ0v) is 12.2. The van der Waals surface area contributed by atoms with Crippen molar-refractivity contribution in [1.29, 1.82) is 5.26 Å². The Balaban J connectivity index is 1.82. The Kier molecular flexibility index (Phi) is 3.69. The standard InChI is InChI=1S/C17H12N2O4/c1-10-2-5-14(12(6-10)8-18)22-9-16-19-13-4-3-11(17(20)21)7-15(13)23-16/h2-7H,9H2,1H3,(H,20,21). The molecule has 0 radical (unpaired) electrons. The van der Waals surface area contributed by atoms with Crippen LogP contribution in [0.3, 0.4) is 0 Å². The number of aromatic nitrogens is 1. The second-order valence-corrected chi connectivity index (χ2v) is 5.00. The molecule has 0 amide bonds. The highest BCUT2D eigenvalue weighted by atomic mass is 16.5. The fourth-order valence-electron chi connectivity index (χ4n) is 2.16. The van der Waals surface area contributed by atoms with E-state index in [9.17, 15) is 4.79 Å². The third kappa shape index (κ3) is 2.99. The van der Waals surface area contributed by atoms with Gasteiger partial charge >= 0.3 is 5.97 Å². The largest absolute Gasteiger partial charge is 0.482 e. The van der Waals surface area contributed by atoms with Crippen molar-refractivity contribution >= 4 is 17.1 Å². The second kappa shape index (κ2) is 5.81. The average molecular weight is 308 g/mol. The van der Waals surface area contributed by atoms with E-state index in [0.29, 0.717) is 28.3 Å². The van der Waals surface area contributed by atoms with Crippen molar-refractivity contribution < 1.29 is 19.1 Å². The number of carboxylic acids is 1. The molecule has 0 saturated carbocycles. The summed E-state index contributed by atoms with van der Waals surface area (Å²) in [7, 11) is 0. The van der Waals surface area contributed by atoms with Crippen molar-refractivity contribution in [1.82, 2.24) is 4.98 Å². The van der Waals surface area contributed by atoms with Gasteiger partial charge in [-0.25, -0.2) is 9.78 Å². The maximum atomic E-state index is 10.9. The van der Waals surface area contributed by atoms with Gasteiger partial charge < -0.3 is 14.3 Å². The molecule has 23 heavy (non-hydrogen) atoms. The summed E-state index contributed by atoms with van der Waals surface area (Å²) in [5, 5.41) is 18.1. The molecular formula is C17H12N2O4. The summed E-state index contributed by atoms with van der Waals surface area (Å²) in [6.07, 6.45) is 0. The van der Waals surface area contributed by atoms with Crippen LogP contribution >= 0.6 is 0 Å². The molecule has 0 fully saturated rings. The second-order valence-electron chi connectivity index (χ2n) is 5.00. The predicted octanol–water partition coefficient (Wildman–Crippen LogP) is 3.29. The molecule has 3 aromatic rings. The van der Waals surface area contributed by atoms with Crippen LogP contribution in [0.4, 0.5) is 0 Å². The molecule has 0 spiro atoms. The number of nitriles is 1. The smallest absolute Gasteiger partial charge is 0.335 e. The third-order valence-corrected chi connectivity index (χ3v) is 3.29. The van der Waals surface area contributed by atoms with E-state index in [0.717, 1.165) is 5.56 Å². The lowest BCUT2D eigenvalue weighted by Gasteiger charge is -2.05. The zero-order valence-electron chi connectivity index (χ0n) is 12.2. The Bertz CT molecular complexity index is 937. The van der Waals surface area contributed by atoms with Gasteiger partial charge in [0.1, 0.15) is 17.3 Å². The highest BCUT2D eigenvalue weighted by molar-refractivity contribution is 5.91. The molecule has 0 aliphatic carbocycles. The quantitative estimate of drug-likeness (QED) is 0.794. The monoisotopic (exact) mass is 308 g/mol. The molecule has 3 rings (SSSR count). The van der Waals surface area contributed by atoms with Gasteiger partial charge in [-0.15, -0.1) is 0 Å². The van der Waals surface area contributed by atoms with E-state index >= 15 is 0 Å². The number of hydrogen-bond donors (Lipinski definition) is 1. The summed E-state index contributed by atoms with van der Waals surface area (Å²) in [5.74, 6) is -0.266. The number of ether oxygens (including phenoxy) is 1. The molecule has 1 aromatic heterocycles. The van der Waals surface area contributed by atoms with E-state index in [4.69, 9.17) is 19.5 Å². The van der Waals surface area contributed by atoms with Gasteiger partial charge in [0.25, 0.3) is 0 Å². The van der Waals surface area contributed by atoms with Gasteiger partial charge in [0.2, 0.25) is 5.89 Å². The molecule has 0 bridgehead atoms. The van der Waals surface area contributed by atoms with Crippen molar-refractivity contribution in [2.75, 3.05) is 0 Å². The number of nitrogens with zero attached hydrogens (tertiary/aromatic N) is 2. The van der Waals surface area contributed by atoms with Crippen molar-refractivity contribution in [3.05, 3.63) is 59.0 Å². The zero-order chi connectivity index (χ0) is 16.4. The van der Waals surface area contributed by atoms with Gasteiger partial charge in [-0.1, -0.05) is 6.07 Å². The van der Waals surface area contributed by atoms with Gasteiger partial charge in [-0.3, -0.25) is 0 Å². The van der Waals surface area contributed by atoms with Crippen LogP contribution < -0.4 is 4.74 Å². The molecule has 0 aliphatic heterocycles. The predicted molar refractivity (Wildman–Crippen MR) is 81.2 cm³/mol. The highest BCUT2D eigenvalue weighted by Crippen LogP contribution is 2.22. The van der Waals surface area contributed by atoms with Crippen LogP contribution in [0.15, 0.2) is 40.8 Å². The van der Waals surface area contributed by atoms with Crippen molar-refractivity contribution in [2.45, 2.75) is 13.5 Å². The summed E-state index contributed by atoms with van der Waals surface area (Å²) in [4.78, 5) is 15.2.